The number of amides is 1. The topological polar surface area (TPSA) is 74.7 Å². The van der Waals surface area contributed by atoms with Crippen LogP contribution in [0.25, 0.3) is 5.82 Å². The van der Waals surface area contributed by atoms with Gasteiger partial charge in [0.2, 0.25) is 0 Å². The summed E-state index contributed by atoms with van der Waals surface area (Å²) in [4.78, 5) is 36.4. The van der Waals surface area contributed by atoms with E-state index in [1.54, 1.807) is 16.2 Å². The van der Waals surface area contributed by atoms with Crippen molar-refractivity contribution in [2.45, 2.75) is 26.6 Å². The van der Waals surface area contributed by atoms with Crippen molar-refractivity contribution in [1.29, 1.82) is 0 Å². The van der Waals surface area contributed by atoms with Crippen molar-refractivity contribution in [3.05, 3.63) is 45.1 Å². The Hall–Kier alpha value is -2.91. The Kier molecular flexibility index (Phi) is 5.72. The van der Waals surface area contributed by atoms with Gasteiger partial charge in [-0.3, -0.25) is 4.79 Å². The van der Waals surface area contributed by atoms with Crippen LogP contribution in [0.3, 0.4) is 0 Å². The maximum absolute atomic E-state index is 13.5. The molecule has 0 aliphatic carbocycles. The minimum Gasteiger partial charge on any atom is -0.425 e. The number of aryl methyl sites for hydroxylation is 1. The van der Waals surface area contributed by atoms with Gasteiger partial charge in [-0.05, 0) is 32.2 Å². The summed E-state index contributed by atoms with van der Waals surface area (Å²) in [5.41, 5.74) is 1.31. The maximum Gasteiger partial charge on any atom is 0.423 e. The molecule has 1 amide bonds. The lowest BCUT2D eigenvalue weighted by molar-refractivity contribution is -0.179. The largest absolute Gasteiger partial charge is 0.425 e. The van der Waals surface area contributed by atoms with Crippen molar-refractivity contribution in [2.75, 3.05) is 38.1 Å². The number of ether oxygens (including phenoxy) is 2. The Labute approximate surface area is 185 Å². The van der Waals surface area contributed by atoms with Gasteiger partial charge < -0.3 is 19.3 Å². The van der Waals surface area contributed by atoms with Gasteiger partial charge in [0.15, 0.2) is 0 Å². The summed E-state index contributed by atoms with van der Waals surface area (Å²) in [6.45, 7) is 8.66. The fraction of sp³-hybridized carbons (Fsp3) is 0.409. The molecule has 0 radical (unpaired) electrons. The molecule has 8 nitrogen and oxygen atoms in total. The van der Waals surface area contributed by atoms with E-state index in [9.17, 15) is 9.59 Å². The van der Waals surface area contributed by atoms with Crippen LogP contribution >= 0.6 is 11.3 Å². The number of carbonyl (C=O) groups excluding carboxylic acids is 2. The van der Waals surface area contributed by atoms with E-state index in [2.05, 4.69) is 22.9 Å². The molecule has 0 atom stereocenters. The zero-order valence-electron chi connectivity index (χ0n) is 18.1. The van der Waals surface area contributed by atoms with E-state index in [1.807, 2.05) is 31.2 Å². The summed E-state index contributed by atoms with van der Waals surface area (Å²) in [7, 11) is 2.09. The third-order valence-corrected chi connectivity index (χ3v) is 6.23. The van der Waals surface area contributed by atoms with Gasteiger partial charge in [-0.1, -0.05) is 12.1 Å². The van der Waals surface area contributed by atoms with Crippen LogP contribution in [0.15, 0.2) is 35.3 Å². The van der Waals surface area contributed by atoms with Gasteiger partial charge in [-0.25, -0.2) is 14.7 Å². The second-order valence-electron chi connectivity index (χ2n) is 8.11. The molecule has 0 unspecified atom stereocenters. The highest BCUT2D eigenvalue weighted by molar-refractivity contribution is 7.09. The number of carbonyl (C=O) groups is 2. The van der Waals surface area contributed by atoms with E-state index in [1.165, 1.54) is 13.8 Å². The fourth-order valence-corrected chi connectivity index (χ4v) is 4.63. The molecule has 9 heteroatoms. The molecular weight excluding hydrogens is 416 g/mol. The molecule has 31 heavy (non-hydrogen) atoms. The minimum atomic E-state index is -1.40. The minimum absolute atomic E-state index is 0.282. The number of benzene rings is 1. The fourth-order valence-electron chi connectivity index (χ4n) is 3.75. The molecule has 1 saturated heterocycles. The number of fused-ring (bicyclic) bond motifs is 2. The van der Waals surface area contributed by atoms with Crippen LogP contribution < -0.4 is 14.8 Å². The lowest BCUT2D eigenvalue weighted by Gasteiger charge is -2.39. The Balaban J connectivity index is 1.91. The first kappa shape index (κ1) is 21.3. The van der Waals surface area contributed by atoms with Gasteiger partial charge in [0.05, 0.1) is 16.6 Å². The molecular formula is C22H26N4O4S. The highest BCUT2D eigenvalue weighted by Crippen LogP contribution is 2.35. The van der Waals surface area contributed by atoms with Crippen molar-refractivity contribution in [2.24, 2.45) is 4.99 Å². The zero-order chi connectivity index (χ0) is 22.2. The van der Waals surface area contributed by atoms with E-state index in [-0.39, 0.29) is 6.47 Å². The molecule has 1 aromatic heterocycles. The van der Waals surface area contributed by atoms with Crippen LogP contribution in [-0.4, -0.2) is 61.4 Å². The monoisotopic (exact) mass is 442 g/mol. The number of para-hydroxylation sites is 2. The molecule has 2 aliphatic heterocycles. The van der Waals surface area contributed by atoms with Gasteiger partial charge in [0, 0.05) is 44.9 Å². The molecule has 3 heterocycles. The van der Waals surface area contributed by atoms with E-state index in [4.69, 9.17) is 14.5 Å². The van der Waals surface area contributed by atoms with Crippen molar-refractivity contribution < 1.29 is 19.1 Å². The number of likely N-dealkylation sites (N-methyl/N-ethyl adjacent to an activating group) is 1. The molecule has 1 aromatic carbocycles. The quantitative estimate of drug-likeness (QED) is 0.534. The van der Waals surface area contributed by atoms with Crippen molar-refractivity contribution >= 4 is 41.1 Å². The van der Waals surface area contributed by atoms with Crippen molar-refractivity contribution in [3.63, 3.8) is 0 Å². The summed E-state index contributed by atoms with van der Waals surface area (Å²) < 4.78 is 11.5. The lowest BCUT2D eigenvalue weighted by atomic mass is 10.2. The highest BCUT2D eigenvalue weighted by atomic mass is 32.1. The summed E-state index contributed by atoms with van der Waals surface area (Å²) in [6.07, 6.45) is -0.625. The third kappa shape index (κ3) is 4.28. The van der Waals surface area contributed by atoms with E-state index in [0.717, 1.165) is 46.8 Å². The lowest BCUT2D eigenvalue weighted by Crippen LogP contribution is -2.51. The number of nitrogens with zero attached hydrogens (tertiary/aromatic N) is 4. The Bertz CT molecular complexity index is 1120. The standard InChI is InChI=1S/C22H26N4O4S/c1-15-13-16-19(31-15)23-17-7-5-6-8-18(17)26(21(28)30-22(2,3)29-14-27)20(16)25-11-9-24(4)10-12-25/h5-8,13-14H,9-12H2,1-4H3. The number of hydrogen-bond donors (Lipinski definition) is 0. The summed E-state index contributed by atoms with van der Waals surface area (Å²) >= 11 is 1.60. The van der Waals surface area contributed by atoms with Crippen molar-refractivity contribution in [1.82, 2.24) is 9.80 Å². The molecule has 2 aliphatic rings. The van der Waals surface area contributed by atoms with E-state index in [0.29, 0.717) is 11.4 Å². The Morgan fingerprint density at radius 1 is 1.19 bits per heavy atom. The van der Waals surface area contributed by atoms with Gasteiger partial charge in [0.25, 0.3) is 12.3 Å². The smallest absolute Gasteiger partial charge is 0.423 e. The molecule has 4 rings (SSSR count). The van der Waals surface area contributed by atoms with Crippen LogP contribution in [-0.2, 0) is 14.3 Å². The summed E-state index contributed by atoms with van der Waals surface area (Å²) in [6, 6.07) is 9.57. The molecule has 1 fully saturated rings. The van der Waals surface area contributed by atoms with Gasteiger partial charge in [-0.2, -0.15) is 0 Å². The van der Waals surface area contributed by atoms with Gasteiger partial charge in [0.1, 0.15) is 10.5 Å². The molecule has 0 spiro atoms. The predicted molar refractivity (Wildman–Crippen MR) is 119 cm³/mol. The molecule has 0 bridgehead atoms. The maximum atomic E-state index is 13.5. The normalized spacial score (nSPS) is 16.7. The number of hydrogen-bond acceptors (Lipinski definition) is 8. The average Bonchev–Trinajstić information content (AvgIpc) is 3.00. The van der Waals surface area contributed by atoms with Gasteiger partial charge >= 0.3 is 6.09 Å². The third-order valence-electron chi connectivity index (χ3n) is 5.28. The van der Waals surface area contributed by atoms with Crippen LogP contribution in [0.4, 0.5) is 16.2 Å². The number of piperazine rings is 1. The van der Waals surface area contributed by atoms with E-state index >= 15 is 0 Å². The average molecular weight is 443 g/mol. The number of thiophene rings is 1. The molecule has 0 saturated carbocycles. The van der Waals surface area contributed by atoms with Crippen LogP contribution in [0.5, 0.6) is 0 Å². The first-order valence-electron chi connectivity index (χ1n) is 10.2. The summed E-state index contributed by atoms with van der Waals surface area (Å²) in [5.74, 6) is -0.661. The number of rotatable bonds is 4. The Morgan fingerprint density at radius 3 is 2.61 bits per heavy atom. The van der Waals surface area contributed by atoms with Crippen LogP contribution in [0.2, 0.25) is 0 Å². The first-order chi connectivity index (χ1) is 14.8. The zero-order valence-corrected chi connectivity index (χ0v) is 18.9. The van der Waals surface area contributed by atoms with Crippen LogP contribution in [0.1, 0.15) is 18.7 Å². The second kappa shape index (κ2) is 8.32. The summed E-state index contributed by atoms with van der Waals surface area (Å²) in [5, 5.41) is 0.898. The first-order valence-corrected chi connectivity index (χ1v) is 11.0. The van der Waals surface area contributed by atoms with Gasteiger partial charge in [-0.15, -0.1) is 11.3 Å². The van der Waals surface area contributed by atoms with Crippen LogP contribution in [0, 0.1) is 6.92 Å². The SMILES string of the molecule is Cc1cc2c(s1)=Nc1ccccc1N(C(=O)OC(C)(C)OC=O)C=2N1CCN(C)CC1. The molecule has 164 valence electrons. The molecule has 0 N–H and O–H groups in total. The van der Waals surface area contributed by atoms with Crippen molar-refractivity contribution in [3.8, 4) is 0 Å². The predicted octanol–water partition coefficient (Wildman–Crippen LogP) is 2.19. The van der Waals surface area contributed by atoms with E-state index < -0.39 is 11.9 Å². The number of anilines is 1. The second-order valence-corrected chi connectivity index (χ2v) is 9.34. The molecule has 2 aromatic rings. The Morgan fingerprint density at radius 2 is 1.90 bits per heavy atom. The highest BCUT2D eigenvalue weighted by Gasteiger charge is 2.35.